The van der Waals surface area contributed by atoms with Gasteiger partial charge >= 0.3 is 0 Å². The van der Waals surface area contributed by atoms with Gasteiger partial charge in [-0.2, -0.15) is 0 Å². The maximum Gasteiger partial charge on any atom is 0.231 e. The summed E-state index contributed by atoms with van der Waals surface area (Å²) in [6.07, 6.45) is 0. The Bertz CT molecular complexity index is 453. The van der Waals surface area contributed by atoms with Gasteiger partial charge in [0.25, 0.3) is 0 Å². The van der Waals surface area contributed by atoms with Crippen LogP contribution in [0, 0.1) is 0 Å². The highest BCUT2D eigenvalue weighted by Crippen LogP contribution is 2.40. The lowest BCUT2D eigenvalue weighted by Gasteiger charge is -2.33. The highest BCUT2D eigenvalue weighted by atomic mass is 79.9. The molecule has 2 heterocycles. The molecule has 2 aliphatic heterocycles. The molecule has 1 saturated heterocycles. The largest absolute Gasteiger partial charge is 0.454 e. The number of ether oxygens (including phenoxy) is 2. The Balaban J connectivity index is 1.78. The third kappa shape index (κ3) is 2.35. The van der Waals surface area contributed by atoms with Crippen molar-refractivity contribution in [2.75, 3.05) is 26.4 Å². The highest BCUT2D eigenvalue weighted by molar-refractivity contribution is 9.10. The summed E-state index contributed by atoms with van der Waals surface area (Å²) >= 11 is 3.54. The van der Waals surface area contributed by atoms with E-state index < -0.39 is 0 Å². The van der Waals surface area contributed by atoms with Gasteiger partial charge in [-0.15, -0.1) is 0 Å². The number of nitrogens with zero attached hydrogens (tertiary/aromatic N) is 1. The first-order chi connectivity index (χ1) is 8.74. The molecule has 0 spiro atoms. The number of piperazine rings is 1. The summed E-state index contributed by atoms with van der Waals surface area (Å²) in [6.45, 7) is 6.75. The summed E-state index contributed by atoms with van der Waals surface area (Å²) in [5, 5.41) is 3.41. The fraction of sp³-hybridized carbons (Fsp3) is 0.538. The molecule has 3 rings (SSSR count). The van der Waals surface area contributed by atoms with E-state index in [4.69, 9.17) is 9.47 Å². The van der Waals surface area contributed by atoms with Crippen molar-refractivity contribution in [3.8, 4) is 11.5 Å². The van der Waals surface area contributed by atoms with Gasteiger partial charge in [-0.3, -0.25) is 4.90 Å². The molecule has 1 aromatic rings. The van der Waals surface area contributed by atoms with Crippen LogP contribution in [0.1, 0.15) is 12.5 Å². The monoisotopic (exact) mass is 312 g/mol. The summed E-state index contributed by atoms with van der Waals surface area (Å²) in [6, 6.07) is 4.78. The first-order valence-corrected chi connectivity index (χ1v) is 7.06. The minimum atomic E-state index is 0.321. The number of hydrogen-bond donors (Lipinski definition) is 1. The molecule has 0 saturated carbocycles. The number of halogens is 1. The SMILES string of the molecule is C[C@H]1CNCCN1Cc1cc(Br)c2c(c1)OCO2. The molecular formula is C13H17BrN2O2. The zero-order valence-corrected chi connectivity index (χ0v) is 12.0. The number of nitrogens with one attached hydrogen (secondary N) is 1. The van der Waals surface area contributed by atoms with Crippen LogP contribution in [0.25, 0.3) is 0 Å². The summed E-state index contributed by atoms with van der Waals surface area (Å²) in [7, 11) is 0. The second-order valence-electron chi connectivity index (χ2n) is 4.84. The third-order valence-electron chi connectivity index (χ3n) is 3.51. The lowest BCUT2D eigenvalue weighted by molar-refractivity contribution is 0.165. The smallest absolute Gasteiger partial charge is 0.231 e. The van der Waals surface area contributed by atoms with Crippen molar-refractivity contribution in [2.24, 2.45) is 0 Å². The maximum atomic E-state index is 5.45. The van der Waals surface area contributed by atoms with E-state index in [1.54, 1.807) is 0 Å². The van der Waals surface area contributed by atoms with Crippen molar-refractivity contribution < 1.29 is 9.47 Å². The minimum absolute atomic E-state index is 0.321. The van der Waals surface area contributed by atoms with Crippen molar-refractivity contribution >= 4 is 15.9 Å². The third-order valence-corrected chi connectivity index (χ3v) is 4.10. The van der Waals surface area contributed by atoms with Crippen LogP contribution < -0.4 is 14.8 Å². The second kappa shape index (κ2) is 5.07. The first-order valence-electron chi connectivity index (χ1n) is 6.27. The van der Waals surface area contributed by atoms with Gasteiger partial charge in [0.1, 0.15) is 0 Å². The fourth-order valence-electron chi connectivity index (χ4n) is 2.46. The lowest BCUT2D eigenvalue weighted by Crippen LogP contribution is -2.49. The molecule has 98 valence electrons. The molecule has 1 atom stereocenters. The molecule has 0 radical (unpaired) electrons. The second-order valence-corrected chi connectivity index (χ2v) is 5.69. The number of hydrogen-bond acceptors (Lipinski definition) is 4. The van der Waals surface area contributed by atoms with Gasteiger partial charge in [0.2, 0.25) is 6.79 Å². The minimum Gasteiger partial charge on any atom is -0.454 e. The molecule has 0 amide bonds. The van der Waals surface area contributed by atoms with Crippen LogP contribution in [0.3, 0.4) is 0 Å². The van der Waals surface area contributed by atoms with Crippen LogP contribution in [-0.2, 0) is 6.54 Å². The van der Waals surface area contributed by atoms with Crippen LogP contribution in [0.15, 0.2) is 16.6 Å². The molecule has 1 N–H and O–H groups in total. The molecule has 1 fully saturated rings. The predicted octanol–water partition coefficient (Wildman–Crippen LogP) is 1.97. The van der Waals surface area contributed by atoms with E-state index in [1.165, 1.54) is 5.56 Å². The number of benzene rings is 1. The summed E-state index contributed by atoms with van der Waals surface area (Å²) in [4.78, 5) is 2.49. The summed E-state index contributed by atoms with van der Waals surface area (Å²) in [5.74, 6) is 1.68. The van der Waals surface area contributed by atoms with Crippen LogP contribution in [0.5, 0.6) is 11.5 Å². The molecule has 18 heavy (non-hydrogen) atoms. The Kier molecular flexibility index (Phi) is 3.46. The molecule has 0 aromatic heterocycles. The van der Waals surface area contributed by atoms with Crippen molar-refractivity contribution in [3.63, 3.8) is 0 Å². The highest BCUT2D eigenvalue weighted by Gasteiger charge is 2.21. The number of fused-ring (bicyclic) bond motifs is 1. The van der Waals surface area contributed by atoms with Gasteiger partial charge in [0.05, 0.1) is 4.47 Å². The van der Waals surface area contributed by atoms with Gasteiger partial charge in [0.15, 0.2) is 11.5 Å². The molecule has 0 aliphatic carbocycles. The molecule has 0 bridgehead atoms. The zero-order chi connectivity index (χ0) is 12.5. The normalized spacial score (nSPS) is 23.3. The van der Waals surface area contributed by atoms with Gasteiger partial charge in [-0.1, -0.05) is 0 Å². The summed E-state index contributed by atoms with van der Waals surface area (Å²) in [5.41, 5.74) is 1.26. The Hall–Kier alpha value is -0.780. The van der Waals surface area contributed by atoms with Crippen molar-refractivity contribution in [3.05, 3.63) is 22.2 Å². The fourth-order valence-corrected chi connectivity index (χ4v) is 3.07. The van der Waals surface area contributed by atoms with E-state index in [0.717, 1.165) is 42.2 Å². The van der Waals surface area contributed by atoms with Crippen LogP contribution >= 0.6 is 15.9 Å². The van der Waals surface area contributed by atoms with E-state index in [2.05, 4.69) is 45.2 Å². The molecule has 2 aliphatic rings. The topological polar surface area (TPSA) is 33.7 Å². The van der Waals surface area contributed by atoms with Gasteiger partial charge < -0.3 is 14.8 Å². The van der Waals surface area contributed by atoms with Gasteiger partial charge in [0, 0.05) is 32.2 Å². The average molecular weight is 313 g/mol. The molecular weight excluding hydrogens is 296 g/mol. The summed E-state index contributed by atoms with van der Waals surface area (Å²) < 4.78 is 11.8. The Morgan fingerprint density at radius 2 is 2.33 bits per heavy atom. The standard InChI is InChI=1S/C13H17BrN2O2/c1-9-6-15-2-3-16(9)7-10-4-11(14)13-12(5-10)17-8-18-13/h4-5,9,15H,2-3,6-8H2,1H3/t9-/m0/s1. The maximum absolute atomic E-state index is 5.45. The Morgan fingerprint density at radius 1 is 1.44 bits per heavy atom. The molecule has 5 heteroatoms. The van der Waals surface area contributed by atoms with E-state index in [0.29, 0.717) is 12.8 Å². The number of rotatable bonds is 2. The van der Waals surface area contributed by atoms with Crippen molar-refractivity contribution in [1.82, 2.24) is 10.2 Å². The van der Waals surface area contributed by atoms with Gasteiger partial charge in [-0.25, -0.2) is 0 Å². The Labute approximate surface area is 115 Å². The Morgan fingerprint density at radius 3 is 3.17 bits per heavy atom. The van der Waals surface area contributed by atoms with E-state index >= 15 is 0 Å². The average Bonchev–Trinajstić information content (AvgIpc) is 2.81. The quantitative estimate of drug-likeness (QED) is 0.905. The molecule has 1 aromatic carbocycles. The van der Waals surface area contributed by atoms with E-state index in [9.17, 15) is 0 Å². The predicted molar refractivity (Wildman–Crippen MR) is 73.0 cm³/mol. The van der Waals surface area contributed by atoms with Crippen molar-refractivity contribution in [2.45, 2.75) is 19.5 Å². The zero-order valence-electron chi connectivity index (χ0n) is 10.4. The van der Waals surface area contributed by atoms with Crippen LogP contribution in [-0.4, -0.2) is 37.4 Å². The molecule has 0 unspecified atom stereocenters. The van der Waals surface area contributed by atoms with Crippen LogP contribution in [0.2, 0.25) is 0 Å². The van der Waals surface area contributed by atoms with Crippen LogP contribution in [0.4, 0.5) is 0 Å². The lowest BCUT2D eigenvalue weighted by atomic mass is 10.1. The van der Waals surface area contributed by atoms with Crippen molar-refractivity contribution in [1.29, 1.82) is 0 Å². The molecule has 4 nitrogen and oxygen atoms in total. The first kappa shape index (κ1) is 12.3. The van der Waals surface area contributed by atoms with Gasteiger partial charge in [-0.05, 0) is 40.5 Å². The van der Waals surface area contributed by atoms with E-state index in [-0.39, 0.29) is 0 Å². The van der Waals surface area contributed by atoms with E-state index in [1.807, 2.05) is 0 Å².